The molecule has 0 aromatic heterocycles. The second-order valence-electron chi connectivity index (χ2n) is 20.5. The number of hydrogen-bond acceptors (Lipinski definition) is 18. The minimum absolute atomic E-state index is 0.0553. The van der Waals surface area contributed by atoms with Crippen LogP contribution in [-0.4, -0.2) is 171 Å². The maximum atomic E-state index is 13.3. The van der Waals surface area contributed by atoms with Crippen LogP contribution in [0.1, 0.15) is 111 Å². The number of carboxylic acids is 1. The Kier molecular flexibility index (Phi) is 30.0. The van der Waals surface area contributed by atoms with Crippen molar-refractivity contribution in [1.82, 2.24) is 0 Å². The summed E-state index contributed by atoms with van der Waals surface area (Å²) < 4.78 is 23.7. The van der Waals surface area contributed by atoms with Crippen molar-refractivity contribution in [2.45, 2.75) is 209 Å². The van der Waals surface area contributed by atoms with Crippen LogP contribution in [0.3, 0.4) is 0 Å². The van der Waals surface area contributed by atoms with Gasteiger partial charge in [-0.05, 0) is 77.2 Å². The molecule has 19 nitrogen and oxygen atoms in total. The molecule has 0 saturated carbocycles. The summed E-state index contributed by atoms with van der Waals surface area (Å²) >= 11 is 0. The van der Waals surface area contributed by atoms with Crippen molar-refractivity contribution < 1.29 is 89.5 Å². The maximum absolute atomic E-state index is 13.3. The van der Waals surface area contributed by atoms with E-state index in [9.17, 15) is 70.6 Å². The minimum atomic E-state index is -2.28. The van der Waals surface area contributed by atoms with E-state index in [0.29, 0.717) is 6.42 Å². The Bertz CT molecular complexity index is 2020. The van der Waals surface area contributed by atoms with Gasteiger partial charge in [-0.25, -0.2) is 0 Å². The van der Waals surface area contributed by atoms with Crippen LogP contribution >= 0.6 is 0 Å². The number of aliphatic hydroxyl groups excluding tert-OH is 9. The number of allylic oxidation sites excluding steroid dienone is 16. The van der Waals surface area contributed by atoms with Crippen LogP contribution in [0.25, 0.3) is 0 Å². The third-order valence-corrected chi connectivity index (χ3v) is 13.6. The van der Waals surface area contributed by atoms with Crippen LogP contribution in [0.2, 0.25) is 0 Å². The highest BCUT2D eigenvalue weighted by atomic mass is 16.7. The van der Waals surface area contributed by atoms with Crippen molar-refractivity contribution in [3.05, 3.63) is 109 Å². The average Bonchev–Trinajstić information content (AvgIpc) is 3.32. The fraction of sp³-hybridized carbons (Fsp3) is 0.632. The third kappa shape index (κ3) is 24.6. The molecule has 2 bridgehead atoms. The van der Waals surface area contributed by atoms with Gasteiger partial charge < -0.3 is 80.9 Å². The van der Waals surface area contributed by atoms with Crippen LogP contribution in [-0.2, 0) is 33.3 Å². The number of ether oxygens (including phenoxy) is 4. The Balaban J connectivity index is 1.85. The summed E-state index contributed by atoms with van der Waals surface area (Å²) in [6, 6.07) is -1.15. The number of nitrogens with two attached hydrogens (primary N) is 1. The average molecular weight is 1070 g/mol. The molecule has 3 heterocycles. The first-order chi connectivity index (χ1) is 36.0. The Morgan fingerprint density at radius 1 is 0.763 bits per heavy atom. The fourth-order valence-corrected chi connectivity index (χ4v) is 9.52. The number of ketones is 1. The van der Waals surface area contributed by atoms with Gasteiger partial charge in [0.05, 0.1) is 79.6 Å². The highest BCUT2D eigenvalue weighted by molar-refractivity contribution is 5.90. The van der Waals surface area contributed by atoms with Crippen LogP contribution < -0.4 is 5.73 Å². The van der Waals surface area contributed by atoms with Gasteiger partial charge in [-0.3, -0.25) is 14.4 Å². The number of aliphatic carboxylic acids is 1. The molecule has 0 amide bonds. The zero-order valence-electron chi connectivity index (χ0n) is 44.3. The molecule has 2 fully saturated rings. The number of rotatable bonds is 11. The first kappa shape index (κ1) is 66.0. The maximum Gasteiger partial charge on any atom is 0.311 e. The number of carboxylic acid groups (broad SMARTS) is 1. The standard InChI is InChI=1S/C57H87NO18/c1-5-6-17-22-39(59)28-42(62)27-26-37(3)54-36(2)21-18-15-13-11-9-7-8-10-12-14-16-19-25-46(74-56-53(69)51(58)52(68)38(4)73-56)33-48-50(55(70)71)47(66)35-57(72,76-48)34-45(65)31-43(63)29-40(60)23-20-24-41(61)30-44(64)32-49(67)75-54/h5-19,21-22,25,36-38,40-48,50-54,56,60-66,68-69,72H,20,23-24,26-35,58H2,1-4H3,(H,70,71)/b6-5+,8-7?,11-9?,12-10?,15-13?,16-14?,21-18?,22-17+,25-19?/t36?,37?,38-,40?,41?,42?,43?,44?,45?,46?,47?,48?,50?,51+,52-,53+,54?,56?,57?/m1/s1. The second-order valence-corrected chi connectivity index (χ2v) is 20.5. The van der Waals surface area contributed by atoms with Crippen molar-refractivity contribution in [3.8, 4) is 0 Å². The lowest BCUT2D eigenvalue weighted by Gasteiger charge is -2.45. The predicted molar refractivity (Wildman–Crippen MR) is 283 cm³/mol. The topological polar surface area (TPSA) is 337 Å². The van der Waals surface area contributed by atoms with Gasteiger partial charge in [-0.1, -0.05) is 117 Å². The van der Waals surface area contributed by atoms with Gasteiger partial charge in [0.2, 0.25) is 0 Å². The molecule has 0 spiro atoms. The number of carbonyl (C=O) groups is 3. The molecular formula is C57H87NO18. The Morgan fingerprint density at radius 2 is 1.33 bits per heavy atom. The van der Waals surface area contributed by atoms with Gasteiger partial charge in [-0.15, -0.1) is 0 Å². The summed E-state index contributed by atoms with van der Waals surface area (Å²) in [5.41, 5.74) is 6.05. The SMILES string of the molecule is C/C=C/C=C/C(=O)CC(O)CCC(C)C1OC(=O)CC(O)CC(O)CCCC(O)CC(O)CC(O)CC2(O)CC(O)C(C(=O)O)C(CC(OC3O[C@H](C)[C@@H](O)[C@H](N)[C@@H]3O)C=CC=CC=CC=CC=CC=CC=CC1C)O2. The van der Waals surface area contributed by atoms with Crippen molar-refractivity contribution in [2.75, 3.05) is 0 Å². The summed E-state index contributed by atoms with van der Waals surface area (Å²) in [4.78, 5) is 38.1. The van der Waals surface area contributed by atoms with Crippen LogP contribution in [0.15, 0.2) is 109 Å². The molecular weight excluding hydrogens is 987 g/mol. The molecule has 3 aliphatic heterocycles. The molecule has 2 saturated heterocycles. The number of esters is 1. The summed E-state index contributed by atoms with van der Waals surface area (Å²) in [6.45, 7) is 7.13. The largest absolute Gasteiger partial charge is 0.481 e. The van der Waals surface area contributed by atoms with Crippen LogP contribution in [0, 0.1) is 17.8 Å². The van der Waals surface area contributed by atoms with Crippen molar-refractivity contribution >= 4 is 17.7 Å². The summed E-state index contributed by atoms with van der Waals surface area (Å²) in [6.07, 6.45) is 12.8. The first-order valence-electron chi connectivity index (χ1n) is 26.5. The highest BCUT2D eigenvalue weighted by Crippen LogP contribution is 2.38. The van der Waals surface area contributed by atoms with Crippen LogP contribution in [0.5, 0.6) is 0 Å². The van der Waals surface area contributed by atoms with Crippen molar-refractivity contribution in [1.29, 1.82) is 0 Å². The molecule has 0 radical (unpaired) electrons. The van der Waals surface area contributed by atoms with Gasteiger partial charge in [0.1, 0.15) is 18.1 Å². The Morgan fingerprint density at radius 3 is 1.92 bits per heavy atom. The molecule has 3 rings (SSSR count). The number of cyclic esters (lactones) is 1. The normalized spacial score (nSPS) is 36.8. The molecule has 76 heavy (non-hydrogen) atoms. The Labute approximate surface area is 447 Å². The summed E-state index contributed by atoms with van der Waals surface area (Å²) in [5, 5.41) is 119. The van der Waals surface area contributed by atoms with Gasteiger partial charge in [-0.2, -0.15) is 0 Å². The molecule has 0 aliphatic carbocycles. The summed E-state index contributed by atoms with van der Waals surface area (Å²) in [5.74, 6) is -6.75. The smallest absolute Gasteiger partial charge is 0.311 e. The van der Waals surface area contributed by atoms with E-state index < -0.39 is 135 Å². The van der Waals surface area contributed by atoms with E-state index in [1.165, 1.54) is 19.1 Å². The van der Waals surface area contributed by atoms with E-state index in [2.05, 4.69) is 0 Å². The van der Waals surface area contributed by atoms with Gasteiger partial charge in [0.25, 0.3) is 0 Å². The van der Waals surface area contributed by atoms with Crippen molar-refractivity contribution in [2.24, 2.45) is 23.5 Å². The van der Waals surface area contributed by atoms with Gasteiger partial charge >= 0.3 is 11.9 Å². The molecule has 19 heteroatoms. The number of aliphatic hydroxyl groups is 10. The van der Waals surface area contributed by atoms with Gasteiger partial charge in [0.15, 0.2) is 17.9 Å². The molecule has 19 atom stereocenters. The van der Waals surface area contributed by atoms with Gasteiger partial charge in [0, 0.05) is 31.6 Å². The van der Waals surface area contributed by atoms with Crippen molar-refractivity contribution in [3.63, 3.8) is 0 Å². The first-order valence-corrected chi connectivity index (χ1v) is 26.5. The third-order valence-electron chi connectivity index (χ3n) is 13.6. The second kappa shape index (κ2) is 34.6. The zero-order valence-corrected chi connectivity index (χ0v) is 44.3. The molecule has 428 valence electrons. The van der Waals surface area contributed by atoms with Crippen LogP contribution in [0.4, 0.5) is 0 Å². The number of carbonyl (C=O) groups excluding carboxylic acids is 2. The molecule has 0 aromatic rings. The molecule has 13 N–H and O–H groups in total. The lowest BCUT2D eigenvalue weighted by atomic mass is 9.82. The van der Waals surface area contributed by atoms with E-state index in [1.54, 1.807) is 85.1 Å². The lowest BCUT2D eigenvalue weighted by molar-refractivity contribution is -0.308. The molecule has 0 aromatic carbocycles. The lowest BCUT2D eigenvalue weighted by Crippen LogP contribution is -2.61. The zero-order chi connectivity index (χ0) is 56.4. The predicted octanol–water partition coefficient (Wildman–Crippen LogP) is 3.34. The van der Waals surface area contributed by atoms with E-state index in [4.69, 9.17) is 24.7 Å². The molecule has 3 aliphatic rings. The monoisotopic (exact) mass is 1070 g/mol. The fourth-order valence-electron chi connectivity index (χ4n) is 9.52. The summed E-state index contributed by atoms with van der Waals surface area (Å²) in [7, 11) is 0. The Hall–Kier alpha value is -4.29. The van der Waals surface area contributed by atoms with E-state index in [1.807, 2.05) is 32.9 Å². The van der Waals surface area contributed by atoms with E-state index >= 15 is 0 Å². The van der Waals surface area contributed by atoms with E-state index in [0.717, 1.165) is 0 Å². The number of fused-ring (bicyclic) bond motifs is 2. The minimum Gasteiger partial charge on any atom is -0.481 e. The van der Waals surface area contributed by atoms with E-state index in [-0.39, 0.29) is 75.4 Å². The molecule has 15 unspecified atom stereocenters. The number of hydrogen-bond donors (Lipinski definition) is 12. The highest BCUT2D eigenvalue weighted by Gasteiger charge is 2.51. The quantitative estimate of drug-likeness (QED) is 0.0802.